The summed E-state index contributed by atoms with van der Waals surface area (Å²) in [6.07, 6.45) is 4.66. The van der Waals surface area contributed by atoms with Crippen LogP contribution in [0.1, 0.15) is 40.4 Å². The first-order valence-electron chi connectivity index (χ1n) is 13.2. The molecule has 2 atom stereocenters. The summed E-state index contributed by atoms with van der Waals surface area (Å²) in [5, 5.41) is 13.3. The lowest BCUT2D eigenvalue weighted by atomic mass is 9.96. The van der Waals surface area contributed by atoms with E-state index in [2.05, 4.69) is 47.0 Å². The number of piperidine rings is 1. The van der Waals surface area contributed by atoms with E-state index in [-0.39, 0.29) is 17.9 Å². The number of aliphatic hydroxyl groups is 1. The van der Waals surface area contributed by atoms with Crippen molar-refractivity contribution in [2.24, 2.45) is 5.92 Å². The van der Waals surface area contributed by atoms with Gasteiger partial charge in [-0.1, -0.05) is 31.2 Å². The maximum atomic E-state index is 13.4. The maximum Gasteiger partial charge on any atom is 0.255 e. The molecule has 0 saturated carbocycles. The van der Waals surface area contributed by atoms with E-state index >= 15 is 0 Å². The van der Waals surface area contributed by atoms with Crippen LogP contribution in [0.5, 0.6) is 11.5 Å². The molecule has 1 fully saturated rings. The second-order valence-corrected chi connectivity index (χ2v) is 10.4. The summed E-state index contributed by atoms with van der Waals surface area (Å²) in [6, 6.07) is 23.4. The molecule has 2 unspecified atom stereocenters. The van der Waals surface area contributed by atoms with Crippen molar-refractivity contribution in [1.29, 1.82) is 0 Å². The lowest BCUT2D eigenvalue weighted by Gasteiger charge is -2.34. The zero-order valence-corrected chi connectivity index (χ0v) is 22.2. The molecule has 1 aromatic heterocycles. The Morgan fingerprint density at radius 3 is 2.61 bits per heavy atom. The standard InChI is InChI=1S/C32H35N3O3/c1-22-11-14-35(19-22)28-16-25(21-34-13-12-30(36)24(3)20-34)15-27(18-28)33-32(37)26-10-9-23(2)31(17-26)38-29-7-5-4-6-8-29/h4-11,14-19,24,30,36H,12-13,20-21H2,1-3H3,(H,33,37). The predicted octanol–water partition coefficient (Wildman–Crippen LogP) is 6.34. The number of anilines is 1. The number of amides is 1. The smallest absolute Gasteiger partial charge is 0.255 e. The molecule has 6 heteroatoms. The van der Waals surface area contributed by atoms with E-state index in [1.54, 1.807) is 6.07 Å². The number of ether oxygens (including phenoxy) is 1. The Balaban J connectivity index is 1.39. The van der Waals surface area contributed by atoms with Crippen LogP contribution in [-0.2, 0) is 6.54 Å². The third-order valence-electron chi connectivity index (χ3n) is 7.15. The van der Waals surface area contributed by atoms with Gasteiger partial charge in [0.25, 0.3) is 5.91 Å². The number of para-hydroxylation sites is 1. The second-order valence-electron chi connectivity index (χ2n) is 10.4. The molecule has 1 saturated heterocycles. The van der Waals surface area contributed by atoms with E-state index in [9.17, 15) is 9.90 Å². The van der Waals surface area contributed by atoms with Crippen molar-refractivity contribution < 1.29 is 14.6 Å². The predicted molar refractivity (Wildman–Crippen MR) is 151 cm³/mol. The Kier molecular flexibility index (Phi) is 7.63. The molecule has 1 aliphatic heterocycles. The van der Waals surface area contributed by atoms with Gasteiger partial charge in [0.2, 0.25) is 0 Å². The van der Waals surface area contributed by atoms with E-state index in [0.29, 0.717) is 11.3 Å². The molecule has 4 aromatic rings. The van der Waals surface area contributed by atoms with E-state index in [4.69, 9.17) is 4.74 Å². The van der Waals surface area contributed by atoms with Crippen LogP contribution < -0.4 is 10.1 Å². The van der Waals surface area contributed by atoms with Gasteiger partial charge in [-0.15, -0.1) is 0 Å². The van der Waals surface area contributed by atoms with Gasteiger partial charge in [-0.2, -0.15) is 0 Å². The fourth-order valence-electron chi connectivity index (χ4n) is 4.94. The molecule has 38 heavy (non-hydrogen) atoms. The molecule has 6 nitrogen and oxygen atoms in total. The number of hydrogen-bond acceptors (Lipinski definition) is 4. The number of aryl methyl sites for hydroxylation is 2. The monoisotopic (exact) mass is 509 g/mol. The van der Waals surface area contributed by atoms with Gasteiger partial charge in [-0.25, -0.2) is 0 Å². The van der Waals surface area contributed by atoms with Crippen molar-refractivity contribution in [1.82, 2.24) is 9.47 Å². The number of nitrogens with one attached hydrogen (secondary N) is 1. The van der Waals surface area contributed by atoms with Crippen LogP contribution >= 0.6 is 0 Å². The highest BCUT2D eigenvalue weighted by Gasteiger charge is 2.24. The van der Waals surface area contributed by atoms with Crippen molar-refractivity contribution >= 4 is 11.6 Å². The number of nitrogens with zero attached hydrogens (tertiary/aromatic N) is 2. The molecule has 196 valence electrons. The van der Waals surface area contributed by atoms with Gasteiger partial charge in [0, 0.05) is 49.0 Å². The minimum atomic E-state index is -0.236. The SMILES string of the molecule is Cc1ccn(-c2cc(CN3CCC(O)C(C)C3)cc(NC(=O)c3ccc(C)c(Oc4ccccc4)c3)c2)c1. The van der Waals surface area contributed by atoms with Crippen molar-refractivity contribution in [3.05, 3.63) is 107 Å². The Labute approximate surface area is 224 Å². The summed E-state index contributed by atoms with van der Waals surface area (Å²) in [6.45, 7) is 8.59. The zero-order valence-electron chi connectivity index (χ0n) is 22.2. The summed E-state index contributed by atoms with van der Waals surface area (Å²) in [4.78, 5) is 15.7. The lowest BCUT2D eigenvalue weighted by Crippen LogP contribution is -2.41. The van der Waals surface area contributed by atoms with Gasteiger partial charge < -0.3 is 19.7 Å². The van der Waals surface area contributed by atoms with Crippen LogP contribution in [0.15, 0.2) is 85.2 Å². The average Bonchev–Trinajstić information content (AvgIpc) is 3.34. The first-order chi connectivity index (χ1) is 18.3. The minimum Gasteiger partial charge on any atom is -0.457 e. The molecule has 1 amide bonds. The van der Waals surface area contributed by atoms with Gasteiger partial charge >= 0.3 is 0 Å². The van der Waals surface area contributed by atoms with Gasteiger partial charge in [0.05, 0.1) is 6.10 Å². The van der Waals surface area contributed by atoms with Gasteiger partial charge in [0.1, 0.15) is 11.5 Å². The Bertz CT molecular complexity index is 1410. The van der Waals surface area contributed by atoms with Crippen LogP contribution in [0.3, 0.4) is 0 Å². The third kappa shape index (κ3) is 6.15. The molecule has 0 aliphatic carbocycles. The maximum absolute atomic E-state index is 13.4. The van der Waals surface area contributed by atoms with Crippen molar-refractivity contribution in [3.63, 3.8) is 0 Å². The van der Waals surface area contributed by atoms with E-state index in [1.807, 2.05) is 67.7 Å². The summed E-state index contributed by atoms with van der Waals surface area (Å²) in [5.74, 6) is 1.44. The summed E-state index contributed by atoms with van der Waals surface area (Å²) in [5.41, 5.74) is 5.51. The highest BCUT2D eigenvalue weighted by atomic mass is 16.5. The number of hydrogen-bond donors (Lipinski definition) is 2. The normalized spacial score (nSPS) is 17.8. The van der Waals surface area contributed by atoms with Gasteiger partial charge in [-0.3, -0.25) is 9.69 Å². The third-order valence-corrected chi connectivity index (χ3v) is 7.15. The zero-order chi connectivity index (χ0) is 26.6. The second kappa shape index (κ2) is 11.3. The van der Waals surface area contributed by atoms with Crippen LogP contribution in [0.25, 0.3) is 5.69 Å². The van der Waals surface area contributed by atoms with Gasteiger partial charge in [-0.05, 0) is 91.4 Å². The Morgan fingerprint density at radius 1 is 1.05 bits per heavy atom. The first kappa shape index (κ1) is 25.8. The van der Waals surface area contributed by atoms with Crippen LogP contribution in [-0.4, -0.2) is 39.7 Å². The van der Waals surface area contributed by atoms with E-state index in [1.165, 1.54) is 5.56 Å². The highest BCUT2D eigenvalue weighted by Crippen LogP contribution is 2.28. The molecule has 1 aliphatic rings. The molecule has 0 bridgehead atoms. The molecule has 2 heterocycles. The molecular weight excluding hydrogens is 474 g/mol. The molecule has 2 N–H and O–H groups in total. The molecule has 0 spiro atoms. The number of rotatable bonds is 7. The number of benzene rings is 3. The number of carbonyl (C=O) groups is 1. The number of aliphatic hydroxyl groups excluding tert-OH is 1. The van der Waals surface area contributed by atoms with Crippen molar-refractivity contribution in [2.45, 2.75) is 39.8 Å². The van der Waals surface area contributed by atoms with Crippen molar-refractivity contribution in [2.75, 3.05) is 18.4 Å². The highest BCUT2D eigenvalue weighted by molar-refractivity contribution is 6.04. The quantitative estimate of drug-likeness (QED) is 0.305. The summed E-state index contributed by atoms with van der Waals surface area (Å²) < 4.78 is 8.12. The number of likely N-dealkylation sites (tertiary alicyclic amines) is 1. The van der Waals surface area contributed by atoms with Crippen LogP contribution in [0.4, 0.5) is 5.69 Å². The van der Waals surface area contributed by atoms with E-state index < -0.39 is 0 Å². The van der Waals surface area contributed by atoms with Crippen LogP contribution in [0, 0.1) is 19.8 Å². The van der Waals surface area contributed by atoms with Crippen LogP contribution in [0.2, 0.25) is 0 Å². The fraction of sp³-hybridized carbons (Fsp3) is 0.281. The Hall–Kier alpha value is -3.87. The summed E-state index contributed by atoms with van der Waals surface area (Å²) in [7, 11) is 0. The molecular formula is C32H35N3O3. The Morgan fingerprint density at radius 2 is 1.87 bits per heavy atom. The van der Waals surface area contributed by atoms with Crippen molar-refractivity contribution in [3.8, 4) is 17.2 Å². The van der Waals surface area contributed by atoms with Gasteiger partial charge in [0.15, 0.2) is 0 Å². The molecule has 0 radical (unpaired) electrons. The number of aromatic nitrogens is 1. The summed E-state index contributed by atoms with van der Waals surface area (Å²) >= 11 is 0. The lowest BCUT2D eigenvalue weighted by molar-refractivity contribution is 0.0320. The molecule has 3 aromatic carbocycles. The number of carbonyl (C=O) groups excluding carboxylic acids is 1. The largest absolute Gasteiger partial charge is 0.457 e. The topological polar surface area (TPSA) is 66.7 Å². The van der Waals surface area contributed by atoms with E-state index in [0.717, 1.165) is 54.3 Å². The minimum absolute atomic E-state index is 0.190. The first-order valence-corrected chi connectivity index (χ1v) is 13.2. The average molecular weight is 510 g/mol. The molecule has 5 rings (SSSR count). The fourth-order valence-corrected chi connectivity index (χ4v) is 4.94.